The summed E-state index contributed by atoms with van der Waals surface area (Å²) in [4.78, 5) is 11.8. The van der Waals surface area contributed by atoms with Crippen LogP contribution in [-0.4, -0.2) is 27.8 Å². The minimum atomic E-state index is -0.471. The summed E-state index contributed by atoms with van der Waals surface area (Å²) in [7, 11) is 0. The minimum absolute atomic E-state index is 0.175. The van der Waals surface area contributed by atoms with Crippen molar-refractivity contribution in [3.8, 4) is 0 Å². The summed E-state index contributed by atoms with van der Waals surface area (Å²) in [6.45, 7) is -0.192. The molecule has 94 valence electrons. The predicted molar refractivity (Wildman–Crippen MR) is 68.7 cm³/mol. The molecule has 18 heavy (non-hydrogen) atoms. The molecular formula is C11H10ClN3O2S. The lowest BCUT2D eigenvalue weighted by Crippen LogP contribution is -2.30. The quantitative estimate of drug-likeness (QED) is 0.895. The second-order valence-corrected chi connectivity index (χ2v) is 5.04. The van der Waals surface area contributed by atoms with E-state index in [4.69, 9.17) is 11.6 Å². The highest BCUT2D eigenvalue weighted by atomic mass is 35.5. The van der Waals surface area contributed by atoms with Crippen molar-refractivity contribution < 1.29 is 9.90 Å². The van der Waals surface area contributed by atoms with Crippen LogP contribution >= 0.6 is 22.9 Å². The van der Waals surface area contributed by atoms with Gasteiger partial charge in [0.25, 0.3) is 5.91 Å². The van der Waals surface area contributed by atoms with Crippen LogP contribution in [0.25, 0.3) is 0 Å². The Morgan fingerprint density at radius 2 is 2.11 bits per heavy atom. The van der Waals surface area contributed by atoms with Gasteiger partial charge in [-0.25, -0.2) is 0 Å². The zero-order valence-electron chi connectivity index (χ0n) is 9.21. The zero-order chi connectivity index (χ0) is 13.0. The zero-order valence-corrected chi connectivity index (χ0v) is 10.8. The van der Waals surface area contributed by atoms with E-state index in [1.165, 1.54) is 0 Å². The Bertz CT molecular complexity index is 532. The third kappa shape index (κ3) is 3.04. The van der Waals surface area contributed by atoms with Gasteiger partial charge in [-0.15, -0.1) is 10.2 Å². The minimum Gasteiger partial charge on any atom is -0.394 e. The topological polar surface area (TPSA) is 75.1 Å². The third-order valence-corrected chi connectivity index (χ3v) is 3.30. The molecule has 7 heteroatoms. The summed E-state index contributed by atoms with van der Waals surface area (Å²) in [6, 6.07) is 8.73. The second-order valence-electron chi connectivity index (χ2n) is 3.48. The molecule has 2 N–H and O–H groups in total. The van der Waals surface area contributed by atoms with Crippen LogP contribution in [0.1, 0.15) is 21.4 Å². The first-order valence-corrected chi connectivity index (χ1v) is 6.36. The smallest absolute Gasteiger partial charge is 0.282 e. The maximum Gasteiger partial charge on any atom is 0.282 e. The molecule has 1 aromatic carbocycles. The monoisotopic (exact) mass is 283 g/mol. The van der Waals surface area contributed by atoms with Gasteiger partial charge in [-0.1, -0.05) is 41.7 Å². The number of nitrogens with one attached hydrogen (secondary N) is 1. The summed E-state index contributed by atoms with van der Waals surface area (Å²) in [5.74, 6) is -0.401. The highest BCUT2D eigenvalue weighted by Crippen LogP contribution is 2.17. The Labute approximate surface area is 112 Å². The number of carbonyl (C=O) groups excluding carboxylic acids is 1. The highest BCUT2D eigenvalue weighted by Gasteiger charge is 2.17. The van der Waals surface area contributed by atoms with Gasteiger partial charge < -0.3 is 10.4 Å². The van der Waals surface area contributed by atoms with Gasteiger partial charge in [0.05, 0.1) is 12.6 Å². The first-order valence-electron chi connectivity index (χ1n) is 5.16. The van der Waals surface area contributed by atoms with Gasteiger partial charge in [0.1, 0.15) is 0 Å². The van der Waals surface area contributed by atoms with Crippen LogP contribution in [0.3, 0.4) is 0 Å². The number of aliphatic hydroxyl groups is 1. The van der Waals surface area contributed by atoms with Crippen LogP contribution < -0.4 is 5.32 Å². The number of amides is 1. The van der Waals surface area contributed by atoms with E-state index in [2.05, 4.69) is 15.5 Å². The molecule has 1 amide bonds. The molecule has 1 heterocycles. The van der Waals surface area contributed by atoms with Crippen molar-refractivity contribution in [3.63, 3.8) is 0 Å². The molecule has 0 fully saturated rings. The second kappa shape index (κ2) is 5.90. The summed E-state index contributed by atoms with van der Waals surface area (Å²) in [6.07, 6.45) is 0. The Morgan fingerprint density at radius 1 is 1.39 bits per heavy atom. The maximum absolute atomic E-state index is 11.8. The van der Waals surface area contributed by atoms with E-state index >= 15 is 0 Å². The van der Waals surface area contributed by atoms with Crippen molar-refractivity contribution in [2.75, 3.05) is 6.61 Å². The molecule has 0 bridgehead atoms. The molecule has 0 aliphatic rings. The predicted octanol–water partition coefficient (Wildman–Crippen LogP) is 1.65. The normalized spacial score (nSPS) is 12.1. The lowest BCUT2D eigenvalue weighted by molar-refractivity contribution is 0.0915. The lowest BCUT2D eigenvalue weighted by Gasteiger charge is -2.15. The molecule has 0 saturated carbocycles. The van der Waals surface area contributed by atoms with Crippen LogP contribution in [-0.2, 0) is 0 Å². The van der Waals surface area contributed by atoms with Crippen molar-refractivity contribution in [1.82, 2.24) is 15.5 Å². The largest absolute Gasteiger partial charge is 0.394 e. The van der Waals surface area contributed by atoms with Gasteiger partial charge in [0, 0.05) is 0 Å². The Hall–Kier alpha value is -1.50. The lowest BCUT2D eigenvalue weighted by atomic mass is 10.1. The fraction of sp³-hybridized carbons (Fsp3) is 0.182. The third-order valence-electron chi connectivity index (χ3n) is 2.28. The summed E-state index contributed by atoms with van der Waals surface area (Å²) in [5, 5.41) is 19.3. The van der Waals surface area contributed by atoms with E-state index < -0.39 is 11.9 Å². The van der Waals surface area contributed by atoms with Crippen molar-refractivity contribution in [2.45, 2.75) is 6.04 Å². The molecule has 2 aromatic rings. The Morgan fingerprint density at radius 3 is 2.67 bits per heavy atom. The average Bonchev–Trinajstić information content (AvgIpc) is 2.83. The molecule has 0 saturated heterocycles. The number of aromatic nitrogens is 2. The molecular weight excluding hydrogens is 274 g/mol. The number of hydrogen-bond donors (Lipinski definition) is 2. The first kappa shape index (κ1) is 12.9. The SMILES string of the molecule is O=C(N[C@H](CO)c1ccccc1)c1nnc(Cl)s1. The van der Waals surface area contributed by atoms with Gasteiger partial charge >= 0.3 is 0 Å². The average molecular weight is 284 g/mol. The molecule has 0 spiro atoms. The molecule has 2 rings (SSSR count). The molecule has 0 aliphatic carbocycles. The van der Waals surface area contributed by atoms with Gasteiger partial charge in [0.15, 0.2) is 0 Å². The number of rotatable bonds is 4. The van der Waals surface area contributed by atoms with Gasteiger partial charge in [0.2, 0.25) is 9.47 Å². The number of nitrogens with zero attached hydrogens (tertiary/aromatic N) is 2. The van der Waals surface area contributed by atoms with E-state index in [0.29, 0.717) is 0 Å². The molecule has 0 unspecified atom stereocenters. The van der Waals surface area contributed by atoms with Gasteiger partial charge in [-0.2, -0.15) is 0 Å². The fourth-order valence-electron chi connectivity index (χ4n) is 1.44. The van der Waals surface area contributed by atoms with Gasteiger partial charge in [-0.3, -0.25) is 4.79 Å². The van der Waals surface area contributed by atoms with Crippen molar-refractivity contribution in [1.29, 1.82) is 0 Å². The van der Waals surface area contributed by atoms with E-state index in [1.807, 2.05) is 30.3 Å². The van der Waals surface area contributed by atoms with Crippen LogP contribution in [0, 0.1) is 0 Å². The Balaban J connectivity index is 2.10. The number of carbonyl (C=O) groups is 1. The summed E-state index contributed by atoms with van der Waals surface area (Å²) >= 11 is 6.60. The first-order chi connectivity index (χ1) is 8.70. The van der Waals surface area contributed by atoms with E-state index in [9.17, 15) is 9.90 Å². The van der Waals surface area contributed by atoms with Crippen molar-refractivity contribution >= 4 is 28.8 Å². The number of hydrogen-bond acceptors (Lipinski definition) is 5. The number of halogens is 1. The molecule has 1 atom stereocenters. The number of benzene rings is 1. The summed E-state index contributed by atoms with van der Waals surface area (Å²) in [5.41, 5.74) is 0.823. The van der Waals surface area contributed by atoms with Crippen molar-refractivity contribution in [2.24, 2.45) is 0 Å². The number of aliphatic hydroxyl groups excluding tert-OH is 1. The van der Waals surface area contributed by atoms with Crippen molar-refractivity contribution in [3.05, 3.63) is 45.4 Å². The maximum atomic E-state index is 11.8. The molecule has 0 aliphatic heterocycles. The van der Waals surface area contributed by atoms with E-state index in [0.717, 1.165) is 16.9 Å². The fourth-order valence-corrected chi connectivity index (χ4v) is 2.17. The van der Waals surface area contributed by atoms with E-state index in [1.54, 1.807) is 0 Å². The van der Waals surface area contributed by atoms with Crippen LogP contribution in [0.5, 0.6) is 0 Å². The molecule has 0 radical (unpaired) electrons. The highest BCUT2D eigenvalue weighted by molar-refractivity contribution is 7.17. The van der Waals surface area contributed by atoms with Crippen LogP contribution in [0.2, 0.25) is 4.47 Å². The standard InChI is InChI=1S/C11H10ClN3O2S/c12-11-15-14-10(18-11)9(17)13-8(6-16)7-4-2-1-3-5-7/h1-5,8,16H,6H2,(H,13,17)/t8-/m1/s1. The van der Waals surface area contributed by atoms with E-state index in [-0.39, 0.29) is 16.1 Å². The Kier molecular flexibility index (Phi) is 4.24. The molecule has 1 aromatic heterocycles. The van der Waals surface area contributed by atoms with Crippen LogP contribution in [0.4, 0.5) is 0 Å². The van der Waals surface area contributed by atoms with Gasteiger partial charge in [-0.05, 0) is 17.2 Å². The molecule has 5 nitrogen and oxygen atoms in total. The summed E-state index contributed by atoms with van der Waals surface area (Å²) < 4.78 is 0.209. The van der Waals surface area contributed by atoms with Crippen LogP contribution in [0.15, 0.2) is 30.3 Å².